The average molecular weight is 336 g/mol. The van der Waals surface area contributed by atoms with Crippen molar-refractivity contribution < 1.29 is 13.9 Å². The van der Waals surface area contributed by atoms with E-state index < -0.39 is 0 Å². The summed E-state index contributed by atoms with van der Waals surface area (Å²) in [5.74, 6) is 0.666. The molecule has 4 rings (SSSR count). The van der Waals surface area contributed by atoms with E-state index in [4.69, 9.17) is 9.15 Å². The molecule has 1 aliphatic heterocycles. The van der Waals surface area contributed by atoms with Crippen LogP contribution in [0, 0.1) is 0 Å². The van der Waals surface area contributed by atoms with E-state index in [9.17, 15) is 4.79 Å². The number of fused-ring (bicyclic) bond motifs is 1. The van der Waals surface area contributed by atoms with Gasteiger partial charge in [-0.15, -0.1) is 0 Å². The van der Waals surface area contributed by atoms with Gasteiger partial charge in [0.1, 0.15) is 11.3 Å². The number of para-hydroxylation sites is 1. The van der Waals surface area contributed by atoms with Crippen LogP contribution in [0.25, 0.3) is 22.4 Å². The highest BCUT2D eigenvalue weighted by Gasteiger charge is 2.24. The Labute approximate surface area is 146 Å². The first-order chi connectivity index (χ1) is 12.1. The maximum absolute atomic E-state index is 11.7. The van der Waals surface area contributed by atoms with Gasteiger partial charge in [-0.25, -0.2) is 0 Å². The number of carbonyl (C=O) groups is 1. The molecule has 0 amide bonds. The zero-order valence-corrected chi connectivity index (χ0v) is 14.3. The lowest BCUT2D eigenvalue weighted by atomic mass is 10.1. The zero-order chi connectivity index (χ0) is 17.4. The minimum Gasteiger partial charge on any atom is -0.454 e. The Hall–Kier alpha value is -2.66. The molecule has 3 heterocycles. The number of furan rings is 1. The molecule has 1 aliphatic rings. The highest BCUT2D eigenvalue weighted by atomic mass is 16.5. The smallest absolute Gasteiger partial charge is 0.153 e. The van der Waals surface area contributed by atoms with E-state index in [0.29, 0.717) is 17.0 Å². The molecule has 5 nitrogen and oxygen atoms in total. The van der Waals surface area contributed by atoms with Gasteiger partial charge in [0.15, 0.2) is 12.0 Å². The number of benzene rings is 1. The van der Waals surface area contributed by atoms with Crippen LogP contribution in [-0.4, -0.2) is 36.6 Å². The molecule has 0 radical (unpaired) electrons. The SMILES string of the molecule is CC1CN(c2cnc(-c3cc4ccccc4o3)cc2C=O)CC(C)O1. The monoisotopic (exact) mass is 336 g/mol. The van der Waals surface area contributed by atoms with Crippen LogP contribution in [0.15, 0.2) is 47.0 Å². The van der Waals surface area contributed by atoms with Crippen LogP contribution in [0.5, 0.6) is 0 Å². The van der Waals surface area contributed by atoms with Crippen molar-refractivity contribution in [3.05, 3.63) is 48.2 Å². The van der Waals surface area contributed by atoms with Crippen molar-refractivity contribution in [3.8, 4) is 11.5 Å². The van der Waals surface area contributed by atoms with Gasteiger partial charge in [0.05, 0.1) is 24.1 Å². The second-order valence-corrected chi connectivity index (χ2v) is 6.56. The zero-order valence-electron chi connectivity index (χ0n) is 14.3. The topological polar surface area (TPSA) is 55.6 Å². The predicted molar refractivity (Wildman–Crippen MR) is 97.1 cm³/mol. The Morgan fingerprint density at radius 3 is 2.64 bits per heavy atom. The van der Waals surface area contributed by atoms with E-state index >= 15 is 0 Å². The van der Waals surface area contributed by atoms with Crippen LogP contribution < -0.4 is 4.90 Å². The number of aldehydes is 1. The maximum Gasteiger partial charge on any atom is 0.153 e. The Morgan fingerprint density at radius 2 is 1.92 bits per heavy atom. The lowest BCUT2D eigenvalue weighted by Gasteiger charge is -2.37. The lowest BCUT2D eigenvalue weighted by molar-refractivity contribution is -0.00527. The second kappa shape index (κ2) is 6.33. The van der Waals surface area contributed by atoms with Crippen LogP contribution in [0.3, 0.4) is 0 Å². The van der Waals surface area contributed by atoms with Crippen molar-refractivity contribution >= 4 is 22.9 Å². The van der Waals surface area contributed by atoms with E-state index in [2.05, 4.69) is 9.88 Å². The van der Waals surface area contributed by atoms with Crippen LogP contribution in [-0.2, 0) is 4.74 Å². The molecule has 0 bridgehead atoms. The van der Waals surface area contributed by atoms with E-state index in [0.717, 1.165) is 36.0 Å². The molecule has 2 atom stereocenters. The summed E-state index contributed by atoms with van der Waals surface area (Å²) in [5, 5.41) is 1.02. The molecule has 25 heavy (non-hydrogen) atoms. The van der Waals surface area contributed by atoms with Crippen LogP contribution in [0.1, 0.15) is 24.2 Å². The van der Waals surface area contributed by atoms with Crippen molar-refractivity contribution in [2.45, 2.75) is 26.1 Å². The number of morpholine rings is 1. The molecule has 128 valence electrons. The van der Waals surface area contributed by atoms with Gasteiger partial charge in [0.2, 0.25) is 0 Å². The largest absolute Gasteiger partial charge is 0.454 e. The minimum absolute atomic E-state index is 0.123. The summed E-state index contributed by atoms with van der Waals surface area (Å²) < 4.78 is 11.6. The predicted octanol–water partition coefficient (Wildman–Crippen LogP) is 3.92. The Balaban J connectivity index is 1.71. The van der Waals surface area contributed by atoms with Gasteiger partial charge in [-0.05, 0) is 32.0 Å². The quantitative estimate of drug-likeness (QED) is 0.679. The summed E-state index contributed by atoms with van der Waals surface area (Å²) in [7, 11) is 0. The fourth-order valence-corrected chi connectivity index (χ4v) is 3.44. The first-order valence-electron chi connectivity index (χ1n) is 8.48. The normalized spacial score (nSPS) is 20.8. The standard InChI is InChI=1S/C20H20N2O3/c1-13-10-22(11-14(2)24-13)18-9-21-17(7-16(18)12-23)20-8-15-5-3-4-6-19(15)25-20/h3-9,12-14H,10-11H2,1-2H3. The number of pyridine rings is 1. The number of nitrogens with zero attached hydrogens (tertiary/aromatic N) is 2. The highest BCUT2D eigenvalue weighted by Crippen LogP contribution is 2.30. The number of anilines is 1. The van der Waals surface area contributed by atoms with Gasteiger partial charge in [-0.2, -0.15) is 0 Å². The fraction of sp³-hybridized carbons (Fsp3) is 0.300. The Morgan fingerprint density at radius 1 is 1.16 bits per heavy atom. The summed E-state index contributed by atoms with van der Waals surface area (Å²) >= 11 is 0. The molecule has 2 aromatic heterocycles. The van der Waals surface area contributed by atoms with Gasteiger partial charge in [0.25, 0.3) is 0 Å². The van der Waals surface area contributed by atoms with Crippen LogP contribution >= 0.6 is 0 Å². The minimum atomic E-state index is 0.123. The summed E-state index contributed by atoms with van der Waals surface area (Å²) in [6.45, 7) is 5.58. The number of hydrogen-bond acceptors (Lipinski definition) is 5. The molecule has 1 fully saturated rings. The third kappa shape index (κ3) is 3.03. The number of aromatic nitrogens is 1. The molecule has 0 spiro atoms. The summed E-state index contributed by atoms with van der Waals surface area (Å²) in [6, 6.07) is 11.6. The third-order valence-electron chi connectivity index (χ3n) is 4.48. The maximum atomic E-state index is 11.7. The van der Waals surface area contributed by atoms with Crippen LogP contribution in [0.2, 0.25) is 0 Å². The van der Waals surface area contributed by atoms with Gasteiger partial charge in [-0.1, -0.05) is 18.2 Å². The number of hydrogen-bond donors (Lipinski definition) is 0. The molecular weight excluding hydrogens is 316 g/mol. The molecule has 5 heteroatoms. The molecule has 1 saturated heterocycles. The third-order valence-corrected chi connectivity index (χ3v) is 4.48. The van der Waals surface area contributed by atoms with Gasteiger partial charge >= 0.3 is 0 Å². The summed E-state index contributed by atoms with van der Waals surface area (Å²) in [5.41, 5.74) is 2.94. The van der Waals surface area contributed by atoms with Crippen molar-refractivity contribution in [3.63, 3.8) is 0 Å². The first kappa shape index (κ1) is 15.8. The van der Waals surface area contributed by atoms with E-state index in [-0.39, 0.29) is 12.2 Å². The number of rotatable bonds is 3. The first-order valence-corrected chi connectivity index (χ1v) is 8.48. The Bertz CT molecular complexity index is 875. The average Bonchev–Trinajstić information content (AvgIpc) is 3.04. The van der Waals surface area contributed by atoms with Crippen molar-refractivity contribution in [1.29, 1.82) is 0 Å². The fourth-order valence-electron chi connectivity index (χ4n) is 3.44. The molecule has 0 saturated carbocycles. The molecular formula is C20H20N2O3. The van der Waals surface area contributed by atoms with E-state index in [1.165, 1.54) is 0 Å². The van der Waals surface area contributed by atoms with E-state index in [1.54, 1.807) is 12.3 Å². The molecule has 3 aromatic rings. The summed E-state index contributed by atoms with van der Waals surface area (Å²) in [6.07, 6.45) is 2.89. The van der Waals surface area contributed by atoms with E-state index in [1.807, 2.05) is 44.2 Å². The molecule has 2 unspecified atom stereocenters. The van der Waals surface area contributed by atoms with Crippen LogP contribution in [0.4, 0.5) is 5.69 Å². The highest BCUT2D eigenvalue weighted by molar-refractivity contribution is 5.87. The van der Waals surface area contributed by atoms with Crippen molar-refractivity contribution in [1.82, 2.24) is 4.98 Å². The van der Waals surface area contributed by atoms with Gasteiger partial charge in [-0.3, -0.25) is 9.78 Å². The number of carbonyl (C=O) groups excluding carboxylic acids is 1. The second-order valence-electron chi connectivity index (χ2n) is 6.56. The molecule has 1 aromatic carbocycles. The van der Waals surface area contributed by atoms with Gasteiger partial charge in [0, 0.05) is 24.0 Å². The lowest BCUT2D eigenvalue weighted by Crippen LogP contribution is -2.45. The molecule has 0 aliphatic carbocycles. The summed E-state index contributed by atoms with van der Waals surface area (Å²) in [4.78, 5) is 18.4. The molecule has 0 N–H and O–H groups in total. The van der Waals surface area contributed by atoms with Gasteiger partial charge < -0.3 is 14.1 Å². The number of ether oxygens (including phenoxy) is 1. The van der Waals surface area contributed by atoms with Crippen molar-refractivity contribution in [2.24, 2.45) is 0 Å². The van der Waals surface area contributed by atoms with Crippen molar-refractivity contribution in [2.75, 3.05) is 18.0 Å². The Kier molecular flexibility index (Phi) is 4.01.